The van der Waals surface area contributed by atoms with Crippen molar-refractivity contribution in [3.63, 3.8) is 0 Å². The van der Waals surface area contributed by atoms with Gasteiger partial charge in [-0.15, -0.1) is 0 Å². The molecule has 6 nitrogen and oxygen atoms in total. The van der Waals surface area contributed by atoms with Gasteiger partial charge in [-0.05, 0) is 37.1 Å². The summed E-state index contributed by atoms with van der Waals surface area (Å²) >= 11 is 0. The van der Waals surface area contributed by atoms with Gasteiger partial charge in [-0.25, -0.2) is 4.98 Å². The highest BCUT2D eigenvalue weighted by molar-refractivity contribution is 5.91. The van der Waals surface area contributed by atoms with Gasteiger partial charge in [-0.3, -0.25) is 9.69 Å². The fraction of sp³-hybridized carbons (Fsp3) is 0.286. The number of likely N-dealkylation sites (N-methyl/N-ethyl adjacent to an activating group) is 1. The number of carbonyl (C=O) groups excluding carboxylic acids is 1. The van der Waals surface area contributed by atoms with Crippen molar-refractivity contribution in [3.05, 3.63) is 89.4 Å². The lowest BCUT2D eigenvalue weighted by Crippen LogP contribution is -2.35. The molecule has 3 heterocycles. The number of carbonyl (C=O) groups is 1. The summed E-state index contributed by atoms with van der Waals surface area (Å²) in [7, 11) is 1.79. The smallest absolute Gasteiger partial charge is 0.246 e. The number of rotatable bonds is 5. The molecule has 0 saturated heterocycles. The third-order valence-electron chi connectivity index (χ3n) is 6.60. The number of nitrogens with one attached hydrogen (secondary N) is 1. The molecule has 0 radical (unpaired) electrons. The van der Waals surface area contributed by atoms with E-state index in [1.807, 2.05) is 43.5 Å². The zero-order valence-electron chi connectivity index (χ0n) is 19.7. The van der Waals surface area contributed by atoms with Crippen molar-refractivity contribution in [3.8, 4) is 0 Å². The summed E-state index contributed by atoms with van der Waals surface area (Å²) in [5.41, 5.74) is 4.00. The first-order chi connectivity index (χ1) is 16.6. The molecule has 3 aromatic rings. The van der Waals surface area contributed by atoms with E-state index in [0.29, 0.717) is 12.6 Å². The van der Waals surface area contributed by atoms with Crippen molar-refractivity contribution in [2.75, 3.05) is 25.5 Å². The minimum atomic E-state index is -0.0753. The number of aromatic nitrogens is 1. The number of amides is 1. The first-order valence-corrected chi connectivity index (χ1v) is 11.8. The van der Waals surface area contributed by atoms with Gasteiger partial charge in [0.25, 0.3) is 0 Å². The van der Waals surface area contributed by atoms with Gasteiger partial charge in [0.1, 0.15) is 17.2 Å². The maximum absolute atomic E-state index is 12.8. The van der Waals surface area contributed by atoms with Gasteiger partial charge >= 0.3 is 0 Å². The molecule has 1 aliphatic carbocycles. The Morgan fingerprint density at radius 1 is 1.32 bits per heavy atom. The van der Waals surface area contributed by atoms with Crippen LogP contribution < -0.4 is 5.32 Å². The Labute approximate surface area is 200 Å². The largest absolute Gasteiger partial charge is 0.459 e. The molecule has 174 valence electrons. The molecule has 1 atom stereocenters. The summed E-state index contributed by atoms with van der Waals surface area (Å²) in [5, 5.41) is 4.53. The first kappa shape index (κ1) is 22.2. The molecule has 1 aliphatic heterocycles. The molecule has 1 amide bonds. The van der Waals surface area contributed by atoms with Crippen LogP contribution in [-0.4, -0.2) is 46.9 Å². The van der Waals surface area contributed by atoms with Crippen LogP contribution in [0.5, 0.6) is 0 Å². The molecule has 5 rings (SSSR count). The van der Waals surface area contributed by atoms with Gasteiger partial charge < -0.3 is 14.6 Å². The van der Waals surface area contributed by atoms with E-state index in [1.54, 1.807) is 18.0 Å². The molecule has 1 N–H and O–H groups in total. The van der Waals surface area contributed by atoms with Crippen LogP contribution in [0, 0.1) is 6.92 Å². The molecular formula is C28H30N4O2. The van der Waals surface area contributed by atoms with E-state index >= 15 is 0 Å². The Bertz CT molecular complexity index is 1290. The molecule has 2 aliphatic rings. The van der Waals surface area contributed by atoms with Crippen molar-refractivity contribution in [1.29, 1.82) is 0 Å². The van der Waals surface area contributed by atoms with E-state index in [0.717, 1.165) is 65.3 Å². The molecule has 6 heteroatoms. The number of fused-ring (bicyclic) bond motifs is 2. The summed E-state index contributed by atoms with van der Waals surface area (Å²) in [4.78, 5) is 21.6. The number of hydrogen-bond acceptors (Lipinski definition) is 5. The summed E-state index contributed by atoms with van der Waals surface area (Å²) < 4.78 is 5.97. The summed E-state index contributed by atoms with van der Waals surface area (Å²) in [5.74, 6) is 1.67. The first-order valence-electron chi connectivity index (χ1n) is 11.8. The van der Waals surface area contributed by atoms with E-state index in [2.05, 4.69) is 45.6 Å². The van der Waals surface area contributed by atoms with Gasteiger partial charge in [0.2, 0.25) is 5.91 Å². The molecule has 1 aromatic carbocycles. The summed E-state index contributed by atoms with van der Waals surface area (Å²) in [6.07, 6.45) is 15.0. The molecule has 0 spiro atoms. The van der Waals surface area contributed by atoms with Crippen LogP contribution in [0.3, 0.4) is 0 Å². The highest BCUT2D eigenvalue weighted by Crippen LogP contribution is 2.26. The molecule has 2 aromatic heterocycles. The van der Waals surface area contributed by atoms with Crippen LogP contribution in [-0.2, 0) is 17.9 Å². The topological polar surface area (TPSA) is 61.6 Å². The second kappa shape index (κ2) is 9.69. The molecule has 34 heavy (non-hydrogen) atoms. The van der Waals surface area contributed by atoms with E-state index in [9.17, 15) is 4.79 Å². The van der Waals surface area contributed by atoms with Gasteiger partial charge in [0.05, 0.1) is 6.54 Å². The number of nitrogens with zero attached hydrogens (tertiary/aromatic N) is 3. The van der Waals surface area contributed by atoms with E-state index < -0.39 is 0 Å². The number of para-hydroxylation sites is 1. The van der Waals surface area contributed by atoms with Gasteiger partial charge in [0.15, 0.2) is 0 Å². The van der Waals surface area contributed by atoms with E-state index in [-0.39, 0.29) is 5.91 Å². The van der Waals surface area contributed by atoms with Crippen molar-refractivity contribution in [2.24, 2.45) is 0 Å². The highest BCUT2D eigenvalue weighted by Gasteiger charge is 2.21. The lowest BCUT2D eigenvalue weighted by Gasteiger charge is -2.28. The summed E-state index contributed by atoms with van der Waals surface area (Å²) in [6.45, 7) is 5.13. The number of furan rings is 1. The Morgan fingerprint density at radius 2 is 2.21 bits per heavy atom. The van der Waals surface area contributed by atoms with Crippen LogP contribution in [0.4, 0.5) is 5.82 Å². The predicted octanol–water partition coefficient (Wildman–Crippen LogP) is 4.92. The number of anilines is 1. The quantitative estimate of drug-likeness (QED) is 0.555. The summed E-state index contributed by atoms with van der Waals surface area (Å²) in [6, 6.07) is 10.5. The number of pyridine rings is 1. The lowest BCUT2D eigenvalue weighted by atomic mass is 10.1. The van der Waals surface area contributed by atoms with Crippen molar-refractivity contribution >= 4 is 28.8 Å². The number of hydrogen-bond donors (Lipinski definition) is 1. The second-order valence-corrected chi connectivity index (χ2v) is 8.96. The number of aryl methyl sites for hydroxylation is 1. The van der Waals surface area contributed by atoms with Gasteiger partial charge in [-0.2, -0.15) is 0 Å². The van der Waals surface area contributed by atoms with E-state index in [4.69, 9.17) is 4.42 Å². The normalized spacial score (nSPS) is 18.1. The Hall–Kier alpha value is -3.64. The van der Waals surface area contributed by atoms with Crippen molar-refractivity contribution in [1.82, 2.24) is 14.8 Å². The molecule has 1 unspecified atom stereocenters. The fourth-order valence-electron chi connectivity index (χ4n) is 4.60. The monoisotopic (exact) mass is 454 g/mol. The standard InChI is InChI=1S/C28H30N4O2/c1-20-24-10-6-7-11-25(24)34-26(20)19-31(2)27(33)13-12-21-16-22-18-32(23-8-4-3-5-9-23)15-14-29-28(22)30-17-21/h3-8,10-13,16-17,23H,9,14-15,18-19H2,1-2H3,(H,29,30)/b13-12+. The zero-order chi connectivity index (χ0) is 23.5. The molecular weight excluding hydrogens is 424 g/mol. The van der Waals surface area contributed by atoms with E-state index in [1.165, 1.54) is 0 Å². The van der Waals surface area contributed by atoms with Crippen molar-refractivity contribution in [2.45, 2.75) is 32.5 Å². The van der Waals surface area contributed by atoms with Gasteiger partial charge in [0, 0.05) is 61.5 Å². The van der Waals surface area contributed by atoms with Crippen LogP contribution in [0.2, 0.25) is 0 Å². The zero-order valence-corrected chi connectivity index (χ0v) is 19.7. The predicted molar refractivity (Wildman–Crippen MR) is 136 cm³/mol. The average Bonchev–Trinajstić information content (AvgIpc) is 3.04. The average molecular weight is 455 g/mol. The molecule has 0 bridgehead atoms. The second-order valence-electron chi connectivity index (χ2n) is 8.96. The van der Waals surface area contributed by atoms with Crippen LogP contribution in [0.1, 0.15) is 28.9 Å². The number of allylic oxidation sites excluding steroid dienone is 2. The maximum atomic E-state index is 12.8. The lowest BCUT2D eigenvalue weighted by molar-refractivity contribution is -0.125. The number of benzene rings is 1. The Morgan fingerprint density at radius 3 is 3.03 bits per heavy atom. The fourth-order valence-corrected chi connectivity index (χ4v) is 4.60. The molecule has 0 fully saturated rings. The highest BCUT2D eigenvalue weighted by atomic mass is 16.3. The van der Waals surface area contributed by atoms with Crippen LogP contribution in [0.15, 0.2) is 71.3 Å². The third kappa shape index (κ3) is 4.68. The SMILES string of the molecule is Cc1c(CN(C)C(=O)/C=C/c2cnc3c(c2)CN(C2C=CC=CC2)CCN3)oc2ccccc12. The molecule has 0 saturated carbocycles. The Balaban J connectivity index is 1.27. The van der Waals surface area contributed by atoms with Crippen molar-refractivity contribution < 1.29 is 9.21 Å². The minimum absolute atomic E-state index is 0.0753. The minimum Gasteiger partial charge on any atom is -0.459 e. The van der Waals surface area contributed by atoms with Gasteiger partial charge in [-0.1, -0.05) is 42.5 Å². The van der Waals surface area contributed by atoms with Crippen LogP contribution >= 0.6 is 0 Å². The Kier molecular flexibility index (Phi) is 6.32. The van der Waals surface area contributed by atoms with Crippen LogP contribution in [0.25, 0.3) is 17.0 Å². The maximum Gasteiger partial charge on any atom is 0.246 e. The third-order valence-corrected chi connectivity index (χ3v) is 6.60.